The number of amides is 1. The Labute approximate surface area is 142 Å². The summed E-state index contributed by atoms with van der Waals surface area (Å²) in [6.07, 6.45) is 0. The van der Waals surface area contributed by atoms with Gasteiger partial charge in [-0.05, 0) is 53.3 Å². The Morgan fingerprint density at radius 1 is 1.50 bits per heavy atom. The fraction of sp³-hybridized carbons (Fsp3) is 0.333. The fourth-order valence-electron chi connectivity index (χ4n) is 2.22. The van der Waals surface area contributed by atoms with E-state index in [1.54, 1.807) is 0 Å². The number of aliphatic hydroxyl groups excluding tert-OH is 1. The molecule has 0 fully saturated rings. The maximum absolute atomic E-state index is 12.4. The van der Waals surface area contributed by atoms with Gasteiger partial charge in [0.1, 0.15) is 5.70 Å². The standard InChI is InChI=1S/C15H17IN2O4/c1-9-7-10(3-4-12(9)16)17-13-11(15(21)22-2)8-18(5-6-19)14(13)20/h3-4,7,17,19H,5-6,8H2,1-2H3. The van der Waals surface area contributed by atoms with Gasteiger partial charge in [-0.1, -0.05) is 0 Å². The third-order valence-corrected chi connectivity index (χ3v) is 4.59. The van der Waals surface area contributed by atoms with Crippen LogP contribution in [0.25, 0.3) is 0 Å². The van der Waals surface area contributed by atoms with Crippen molar-refractivity contribution in [2.45, 2.75) is 6.92 Å². The molecule has 1 heterocycles. The lowest BCUT2D eigenvalue weighted by molar-refractivity contribution is -0.136. The summed E-state index contributed by atoms with van der Waals surface area (Å²) in [6, 6.07) is 5.69. The maximum atomic E-state index is 12.4. The van der Waals surface area contributed by atoms with Gasteiger partial charge >= 0.3 is 5.97 Å². The topological polar surface area (TPSA) is 78.9 Å². The lowest BCUT2D eigenvalue weighted by Crippen LogP contribution is -2.31. The number of carbonyl (C=O) groups excluding carboxylic acids is 2. The van der Waals surface area contributed by atoms with Crippen LogP contribution in [0.3, 0.4) is 0 Å². The Kier molecular flexibility index (Phi) is 5.41. The molecule has 0 atom stereocenters. The van der Waals surface area contributed by atoms with Gasteiger partial charge in [-0.2, -0.15) is 0 Å². The predicted molar refractivity (Wildman–Crippen MR) is 90.2 cm³/mol. The van der Waals surface area contributed by atoms with Gasteiger partial charge in [-0.3, -0.25) is 4.79 Å². The molecule has 1 aliphatic rings. The van der Waals surface area contributed by atoms with Crippen molar-refractivity contribution in [3.63, 3.8) is 0 Å². The average Bonchev–Trinajstić information content (AvgIpc) is 2.80. The molecule has 0 spiro atoms. The highest BCUT2D eigenvalue weighted by Gasteiger charge is 2.34. The summed E-state index contributed by atoms with van der Waals surface area (Å²) in [5, 5.41) is 12.0. The SMILES string of the molecule is COC(=O)C1=C(Nc2ccc(I)c(C)c2)C(=O)N(CCO)C1. The zero-order valence-electron chi connectivity index (χ0n) is 12.4. The first-order valence-corrected chi connectivity index (χ1v) is 7.80. The summed E-state index contributed by atoms with van der Waals surface area (Å²) >= 11 is 2.23. The minimum atomic E-state index is -0.543. The van der Waals surface area contributed by atoms with Crippen molar-refractivity contribution in [1.82, 2.24) is 4.90 Å². The number of β-amino-alcohol motifs (C(OH)–C–C–N with tert-alkyl or cyclic N) is 1. The molecule has 7 heteroatoms. The second kappa shape index (κ2) is 7.10. The van der Waals surface area contributed by atoms with Gasteiger partial charge in [-0.15, -0.1) is 0 Å². The van der Waals surface area contributed by atoms with Crippen molar-refractivity contribution in [3.05, 3.63) is 38.6 Å². The monoisotopic (exact) mass is 416 g/mol. The van der Waals surface area contributed by atoms with Crippen LogP contribution in [0.15, 0.2) is 29.5 Å². The van der Waals surface area contributed by atoms with E-state index in [1.807, 2.05) is 25.1 Å². The van der Waals surface area contributed by atoms with Gasteiger partial charge in [-0.25, -0.2) is 4.79 Å². The van der Waals surface area contributed by atoms with Crippen LogP contribution in [0.5, 0.6) is 0 Å². The van der Waals surface area contributed by atoms with Crippen molar-refractivity contribution in [3.8, 4) is 0 Å². The van der Waals surface area contributed by atoms with Crippen LogP contribution in [0.1, 0.15) is 5.56 Å². The molecule has 0 aromatic heterocycles. The van der Waals surface area contributed by atoms with Gasteiger partial charge in [0, 0.05) is 15.8 Å². The summed E-state index contributed by atoms with van der Waals surface area (Å²) < 4.78 is 5.86. The first kappa shape index (κ1) is 16.8. The van der Waals surface area contributed by atoms with Crippen LogP contribution >= 0.6 is 22.6 Å². The Morgan fingerprint density at radius 3 is 2.82 bits per heavy atom. The van der Waals surface area contributed by atoms with E-state index < -0.39 is 5.97 Å². The molecule has 0 saturated heterocycles. The lowest BCUT2D eigenvalue weighted by Gasteiger charge is -2.15. The molecule has 118 valence electrons. The number of nitrogens with one attached hydrogen (secondary N) is 1. The van der Waals surface area contributed by atoms with E-state index in [0.29, 0.717) is 0 Å². The van der Waals surface area contributed by atoms with Crippen LogP contribution < -0.4 is 5.32 Å². The molecule has 2 rings (SSSR count). The quantitative estimate of drug-likeness (QED) is 0.559. The number of anilines is 1. The number of carbonyl (C=O) groups is 2. The number of hydrogen-bond donors (Lipinski definition) is 2. The number of aliphatic hydroxyl groups is 1. The largest absolute Gasteiger partial charge is 0.466 e. The Morgan fingerprint density at radius 2 is 2.23 bits per heavy atom. The minimum absolute atomic E-state index is 0.137. The van der Waals surface area contributed by atoms with Gasteiger partial charge in [0.05, 0.1) is 25.8 Å². The molecule has 0 unspecified atom stereocenters. The first-order chi connectivity index (χ1) is 10.5. The molecule has 1 aromatic carbocycles. The van der Waals surface area contributed by atoms with Crippen molar-refractivity contribution in [2.24, 2.45) is 0 Å². The summed E-state index contributed by atoms with van der Waals surface area (Å²) in [4.78, 5) is 25.6. The molecule has 0 aliphatic carbocycles. The minimum Gasteiger partial charge on any atom is -0.466 e. The van der Waals surface area contributed by atoms with E-state index in [-0.39, 0.29) is 36.9 Å². The van der Waals surface area contributed by atoms with E-state index in [2.05, 4.69) is 27.9 Å². The Hall–Kier alpha value is -1.61. The number of methoxy groups -OCH3 is 1. The van der Waals surface area contributed by atoms with E-state index in [0.717, 1.165) is 14.8 Å². The van der Waals surface area contributed by atoms with Crippen LogP contribution in [0.4, 0.5) is 5.69 Å². The molecule has 22 heavy (non-hydrogen) atoms. The zero-order valence-corrected chi connectivity index (χ0v) is 14.5. The normalized spacial score (nSPS) is 14.5. The molecule has 0 saturated carbocycles. The number of esters is 1. The number of aryl methyl sites for hydroxylation is 1. The molecule has 1 amide bonds. The van der Waals surface area contributed by atoms with Crippen LogP contribution in [-0.2, 0) is 14.3 Å². The fourth-order valence-corrected chi connectivity index (χ4v) is 2.55. The molecule has 1 aliphatic heterocycles. The average molecular weight is 416 g/mol. The number of nitrogens with zero attached hydrogens (tertiary/aromatic N) is 1. The highest BCUT2D eigenvalue weighted by Crippen LogP contribution is 2.24. The third-order valence-electron chi connectivity index (χ3n) is 3.38. The van der Waals surface area contributed by atoms with E-state index >= 15 is 0 Å². The highest BCUT2D eigenvalue weighted by molar-refractivity contribution is 14.1. The Balaban J connectivity index is 2.32. The lowest BCUT2D eigenvalue weighted by atomic mass is 10.2. The number of rotatable bonds is 5. The summed E-state index contributed by atoms with van der Waals surface area (Å²) in [6.45, 7) is 2.13. The van der Waals surface area contributed by atoms with Crippen LogP contribution in [0, 0.1) is 10.5 Å². The van der Waals surface area contributed by atoms with Crippen LogP contribution in [0.2, 0.25) is 0 Å². The second-order valence-corrected chi connectivity index (χ2v) is 6.05. The number of ether oxygens (including phenoxy) is 1. The maximum Gasteiger partial charge on any atom is 0.337 e. The third kappa shape index (κ3) is 3.41. The number of halogens is 1. The van der Waals surface area contributed by atoms with Crippen molar-refractivity contribution in [1.29, 1.82) is 0 Å². The van der Waals surface area contributed by atoms with Gasteiger partial charge in [0.2, 0.25) is 0 Å². The van der Waals surface area contributed by atoms with Crippen LogP contribution in [-0.4, -0.2) is 48.7 Å². The second-order valence-electron chi connectivity index (χ2n) is 4.88. The zero-order chi connectivity index (χ0) is 16.3. The van der Waals surface area contributed by atoms with Gasteiger partial charge in [0.25, 0.3) is 5.91 Å². The molecular formula is C15H17IN2O4. The molecule has 2 N–H and O–H groups in total. The van der Waals surface area contributed by atoms with E-state index in [1.165, 1.54) is 12.0 Å². The van der Waals surface area contributed by atoms with Gasteiger partial charge in [0.15, 0.2) is 0 Å². The molecule has 6 nitrogen and oxygen atoms in total. The van der Waals surface area contributed by atoms with Crippen molar-refractivity contribution < 1.29 is 19.4 Å². The summed E-state index contributed by atoms with van der Waals surface area (Å²) in [7, 11) is 1.28. The van der Waals surface area contributed by atoms with Gasteiger partial charge < -0.3 is 20.1 Å². The van der Waals surface area contributed by atoms with E-state index in [9.17, 15) is 9.59 Å². The molecule has 1 aromatic rings. The first-order valence-electron chi connectivity index (χ1n) is 6.72. The molecule has 0 radical (unpaired) electrons. The summed E-state index contributed by atoms with van der Waals surface area (Å²) in [5.41, 5.74) is 2.29. The molecule has 0 bridgehead atoms. The smallest absolute Gasteiger partial charge is 0.337 e. The number of hydrogen-bond acceptors (Lipinski definition) is 5. The van der Waals surface area contributed by atoms with E-state index in [4.69, 9.17) is 9.84 Å². The van der Waals surface area contributed by atoms with Crippen molar-refractivity contribution >= 4 is 40.2 Å². The Bertz CT molecular complexity index is 642. The predicted octanol–water partition coefficient (Wildman–Crippen LogP) is 1.27. The highest BCUT2D eigenvalue weighted by atomic mass is 127. The molecular weight excluding hydrogens is 399 g/mol. The number of benzene rings is 1. The summed E-state index contributed by atoms with van der Waals surface area (Å²) in [5.74, 6) is -0.857. The van der Waals surface area contributed by atoms with Crippen molar-refractivity contribution in [2.75, 3.05) is 32.1 Å².